The van der Waals surface area contributed by atoms with Crippen molar-refractivity contribution in [3.05, 3.63) is 0 Å². The number of rotatable bonds is 33. The fourth-order valence-corrected chi connectivity index (χ4v) is 5.71. The van der Waals surface area contributed by atoms with E-state index in [1.807, 2.05) is 0 Å². The number of hydrogen-bond donors (Lipinski definition) is 3. The first-order chi connectivity index (χ1) is 22.1. The largest absolute Gasteiger partial charge is 1.00 e. The van der Waals surface area contributed by atoms with Crippen LogP contribution in [0.2, 0.25) is 0 Å². The average molecular weight is 702 g/mol. The van der Waals surface area contributed by atoms with Gasteiger partial charge >= 0.3 is 47.5 Å². The van der Waals surface area contributed by atoms with Crippen molar-refractivity contribution in [2.24, 2.45) is 0 Å². The van der Waals surface area contributed by atoms with Gasteiger partial charge in [-0.3, -0.25) is 18.9 Å². The summed E-state index contributed by atoms with van der Waals surface area (Å²) in [6.45, 7) is 2.63. The molecule has 3 N–H and O–H groups in total. The summed E-state index contributed by atoms with van der Waals surface area (Å²) in [5.41, 5.74) is 0. The van der Waals surface area contributed by atoms with Crippen LogP contribution in [0, 0.1) is 0 Å². The van der Waals surface area contributed by atoms with Gasteiger partial charge in [0.25, 0.3) is 0 Å². The maximum atomic E-state index is 12.5. The minimum absolute atomic E-state index is 0. The number of aliphatic hydroxyl groups is 1. The summed E-state index contributed by atoms with van der Waals surface area (Å²) in [6, 6.07) is -1.73. The van der Waals surface area contributed by atoms with Gasteiger partial charge in [0.1, 0.15) is 19.3 Å². The molecular formula is C34H65NNaO10P. The monoisotopic (exact) mass is 701 g/mol. The molecule has 0 saturated carbocycles. The number of hydrogen-bond acceptors (Lipinski definition) is 9. The quantitative estimate of drug-likeness (QED) is 0.0299. The Labute approximate surface area is 306 Å². The minimum atomic E-state index is -5.06. The predicted octanol–water partition coefficient (Wildman–Crippen LogP) is 3.80. The number of carbonyl (C=O) groups is 3. The van der Waals surface area contributed by atoms with Crippen molar-refractivity contribution in [2.45, 2.75) is 180 Å². The molecule has 3 atom stereocenters. The summed E-state index contributed by atoms with van der Waals surface area (Å²) in [5.74, 6) is -2.14. The van der Waals surface area contributed by atoms with Crippen LogP contribution in [0.15, 0.2) is 0 Å². The normalized spacial score (nSPS) is 13.6. The molecular weight excluding hydrogens is 636 g/mol. The third kappa shape index (κ3) is 33.7. The summed E-state index contributed by atoms with van der Waals surface area (Å²) < 4.78 is 26.8. The van der Waals surface area contributed by atoms with E-state index in [2.05, 4.69) is 13.8 Å². The molecule has 0 aromatic carbocycles. The van der Waals surface area contributed by atoms with Gasteiger partial charge in [0.15, 0.2) is 6.10 Å². The SMILES string of the molecule is CCCCCCCCCCCCCC(=O)OCC(COC(=O)[C@H](CO)NP(=O)([O-])O)OC(=O)CCCCCCCCCCCCC.[Na+]. The number of ether oxygens (including phenoxy) is 3. The molecule has 0 saturated heterocycles. The second-order valence-electron chi connectivity index (χ2n) is 12.4. The van der Waals surface area contributed by atoms with Crippen LogP contribution in [-0.4, -0.2) is 59.9 Å². The minimum Gasteiger partial charge on any atom is -0.766 e. The molecule has 13 heteroatoms. The molecule has 0 spiro atoms. The van der Waals surface area contributed by atoms with Crippen molar-refractivity contribution in [1.82, 2.24) is 5.09 Å². The van der Waals surface area contributed by atoms with Crippen molar-refractivity contribution < 1.29 is 77.6 Å². The Morgan fingerprint density at radius 1 is 0.638 bits per heavy atom. The van der Waals surface area contributed by atoms with Crippen molar-refractivity contribution in [3.63, 3.8) is 0 Å². The van der Waals surface area contributed by atoms with Crippen LogP contribution < -0.4 is 39.5 Å². The predicted molar refractivity (Wildman–Crippen MR) is 178 cm³/mol. The van der Waals surface area contributed by atoms with Crippen LogP contribution in [0.3, 0.4) is 0 Å². The Kier molecular flexibility index (Phi) is 35.1. The molecule has 0 bridgehead atoms. The van der Waals surface area contributed by atoms with Gasteiger partial charge in [-0.15, -0.1) is 0 Å². The van der Waals surface area contributed by atoms with Gasteiger partial charge in [-0.1, -0.05) is 142 Å². The summed E-state index contributed by atoms with van der Waals surface area (Å²) in [4.78, 5) is 57.0. The molecule has 11 nitrogen and oxygen atoms in total. The molecule has 0 aromatic rings. The maximum absolute atomic E-state index is 12.5. The topological polar surface area (TPSA) is 172 Å². The number of aliphatic hydroxyl groups excluding tert-OH is 1. The average Bonchev–Trinajstić information content (AvgIpc) is 3.01. The van der Waals surface area contributed by atoms with Crippen LogP contribution in [0.1, 0.15) is 168 Å². The molecule has 0 aliphatic rings. The Hall–Kier alpha value is -0.520. The molecule has 0 aromatic heterocycles. The zero-order chi connectivity index (χ0) is 34.3. The maximum Gasteiger partial charge on any atom is 1.00 e. The van der Waals surface area contributed by atoms with E-state index in [0.717, 1.165) is 38.5 Å². The van der Waals surface area contributed by atoms with Crippen molar-refractivity contribution in [2.75, 3.05) is 19.8 Å². The summed E-state index contributed by atoms with van der Waals surface area (Å²) in [7, 11) is -5.06. The molecule has 0 aliphatic heterocycles. The van der Waals surface area contributed by atoms with Gasteiger partial charge in [0.05, 0.1) is 6.61 Å². The molecule has 0 radical (unpaired) electrons. The fourth-order valence-electron chi connectivity index (χ4n) is 5.13. The van der Waals surface area contributed by atoms with Crippen LogP contribution in [-0.2, 0) is 33.2 Å². The van der Waals surface area contributed by atoms with E-state index in [-0.39, 0.29) is 49.0 Å². The van der Waals surface area contributed by atoms with Gasteiger partial charge in [-0.2, -0.15) is 0 Å². The smallest absolute Gasteiger partial charge is 0.766 e. The first kappa shape index (κ1) is 48.6. The second kappa shape index (κ2) is 34.0. The number of unbranched alkanes of at least 4 members (excludes halogenated alkanes) is 20. The zero-order valence-corrected chi connectivity index (χ0v) is 32.7. The van der Waals surface area contributed by atoms with Crippen LogP contribution in [0.4, 0.5) is 0 Å². The van der Waals surface area contributed by atoms with Gasteiger partial charge in [0, 0.05) is 12.8 Å². The van der Waals surface area contributed by atoms with Crippen molar-refractivity contribution in [3.8, 4) is 0 Å². The third-order valence-electron chi connectivity index (χ3n) is 7.89. The summed E-state index contributed by atoms with van der Waals surface area (Å²) in [6.07, 6.45) is 24.6. The van der Waals surface area contributed by atoms with Gasteiger partial charge < -0.3 is 29.1 Å². The molecule has 0 rings (SSSR count). The first-order valence-electron chi connectivity index (χ1n) is 18.1. The van der Waals surface area contributed by atoms with E-state index in [9.17, 15) is 28.9 Å². The van der Waals surface area contributed by atoms with Gasteiger partial charge in [0.2, 0.25) is 7.75 Å². The van der Waals surface area contributed by atoms with E-state index in [0.29, 0.717) is 12.8 Å². The molecule has 47 heavy (non-hydrogen) atoms. The van der Waals surface area contributed by atoms with Gasteiger partial charge in [-0.05, 0) is 12.8 Å². The summed E-state index contributed by atoms with van der Waals surface area (Å²) in [5, 5.41) is 10.9. The summed E-state index contributed by atoms with van der Waals surface area (Å²) >= 11 is 0. The number of nitrogens with one attached hydrogen (secondary N) is 1. The Morgan fingerprint density at radius 3 is 1.38 bits per heavy atom. The standard InChI is InChI=1S/C34H66NO10P.Na/c1-3-5-7-9-11-13-15-17-19-21-23-25-32(37)43-28-30(29-44-34(39)31(27-36)35-46(40,41)42)45-33(38)26-24-22-20-18-16-14-12-10-8-6-4-2;/h30-31,36H,3-29H2,1-2H3,(H3,35,40,41,42);/q;+1/p-1/t30?,31-;/m0./s1. The Balaban J connectivity index is 0. The van der Waals surface area contributed by atoms with Crippen LogP contribution >= 0.6 is 7.75 Å². The van der Waals surface area contributed by atoms with E-state index >= 15 is 0 Å². The van der Waals surface area contributed by atoms with E-state index in [1.54, 1.807) is 5.09 Å². The zero-order valence-electron chi connectivity index (χ0n) is 29.9. The second-order valence-corrected chi connectivity index (χ2v) is 13.7. The van der Waals surface area contributed by atoms with E-state index < -0.39 is 51.0 Å². The molecule has 272 valence electrons. The molecule has 0 fully saturated rings. The van der Waals surface area contributed by atoms with Crippen molar-refractivity contribution in [1.29, 1.82) is 0 Å². The number of esters is 3. The molecule has 2 unspecified atom stereocenters. The first-order valence-corrected chi connectivity index (χ1v) is 19.6. The molecule has 0 amide bonds. The van der Waals surface area contributed by atoms with Gasteiger partial charge in [-0.25, -0.2) is 5.09 Å². The van der Waals surface area contributed by atoms with Crippen molar-refractivity contribution >= 4 is 25.7 Å². The molecule has 0 heterocycles. The number of carbonyl (C=O) groups excluding carboxylic acids is 3. The van der Waals surface area contributed by atoms with E-state index in [1.165, 1.54) is 89.9 Å². The fraction of sp³-hybridized carbons (Fsp3) is 0.912. The van der Waals surface area contributed by atoms with E-state index in [4.69, 9.17) is 19.1 Å². The molecule has 0 aliphatic carbocycles. The Morgan fingerprint density at radius 2 is 1.00 bits per heavy atom. The van der Waals surface area contributed by atoms with Crippen LogP contribution in [0.5, 0.6) is 0 Å². The third-order valence-corrected chi connectivity index (χ3v) is 8.53. The van der Waals surface area contributed by atoms with Crippen LogP contribution in [0.25, 0.3) is 0 Å². The Bertz CT molecular complexity index is 814.